The van der Waals surface area contributed by atoms with Crippen LogP contribution in [0.5, 0.6) is 0 Å². The van der Waals surface area contributed by atoms with Crippen LogP contribution in [-0.4, -0.2) is 6.54 Å². The van der Waals surface area contributed by atoms with Crippen molar-refractivity contribution in [3.63, 3.8) is 0 Å². The first kappa shape index (κ1) is 12.6. The maximum Gasteiger partial charge on any atom is 0.0406 e. The fraction of sp³-hybridized carbons (Fsp3) is 0.294. The zero-order chi connectivity index (χ0) is 13.2. The summed E-state index contributed by atoms with van der Waals surface area (Å²) < 4.78 is 0. The van der Waals surface area contributed by atoms with E-state index in [9.17, 15) is 0 Å². The Kier molecular flexibility index (Phi) is 3.48. The van der Waals surface area contributed by atoms with Gasteiger partial charge in [-0.3, -0.25) is 0 Å². The molecule has 0 aromatic heterocycles. The van der Waals surface area contributed by atoms with Crippen molar-refractivity contribution < 1.29 is 0 Å². The number of benzene rings is 2. The van der Waals surface area contributed by atoms with Crippen LogP contribution in [0.15, 0.2) is 42.5 Å². The standard InChI is InChI=1S/C17H18ClN/c1-12-2-5-15-10-14(11-19-17(15)8-12)9-13-3-6-16(18)7-4-13/h2-8,14,19H,9-11H2,1H3. The highest BCUT2D eigenvalue weighted by Crippen LogP contribution is 2.27. The van der Waals surface area contributed by atoms with Gasteiger partial charge in [-0.2, -0.15) is 0 Å². The van der Waals surface area contributed by atoms with Gasteiger partial charge in [0.1, 0.15) is 0 Å². The molecular formula is C17H18ClN. The second kappa shape index (κ2) is 5.26. The third kappa shape index (κ3) is 2.93. The second-order valence-corrected chi connectivity index (χ2v) is 5.88. The molecule has 0 fully saturated rings. The highest BCUT2D eigenvalue weighted by Gasteiger charge is 2.18. The van der Waals surface area contributed by atoms with Crippen LogP contribution < -0.4 is 5.32 Å². The molecule has 0 saturated heterocycles. The van der Waals surface area contributed by atoms with Crippen LogP contribution in [-0.2, 0) is 12.8 Å². The highest BCUT2D eigenvalue weighted by molar-refractivity contribution is 6.30. The molecule has 1 aliphatic heterocycles. The number of nitrogens with one attached hydrogen (secondary N) is 1. The average Bonchev–Trinajstić information content (AvgIpc) is 2.42. The SMILES string of the molecule is Cc1ccc2c(c1)NCC(Cc1ccc(Cl)cc1)C2. The third-order valence-electron chi connectivity index (χ3n) is 3.79. The average molecular weight is 272 g/mol. The fourth-order valence-electron chi connectivity index (χ4n) is 2.77. The Morgan fingerprint density at radius 1 is 1.16 bits per heavy atom. The minimum atomic E-state index is 0.663. The van der Waals surface area contributed by atoms with Gasteiger partial charge in [-0.15, -0.1) is 0 Å². The monoisotopic (exact) mass is 271 g/mol. The predicted octanol–water partition coefficient (Wildman–Crippen LogP) is 4.48. The zero-order valence-electron chi connectivity index (χ0n) is 11.1. The molecule has 3 rings (SSSR count). The summed E-state index contributed by atoms with van der Waals surface area (Å²) in [6.45, 7) is 3.20. The van der Waals surface area contributed by atoms with Crippen LogP contribution in [0.2, 0.25) is 5.02 Å². The molecule has 98 valence electrons. The van der Waals surface area contributed by atoms with Crippen molar-refractivity contribution in [1.82, 2.24) is 0 Å². The van der Waals surface area contributed by atoms with Crippen molar-refractivity contribution in [3.8, 4) is 0 Å². The van der Waals surface area contributed by atoms with Crippen molar-refractivity contribution in [1.29, 1.82) is 0 Å². The first-order valence-corrected chi connectivity index (χ1v) is 7.16. The van der Waals surface area contributed by atoms with Gasteiger partial charge in [0, 0.05) is 17.3 Å². The van der Waals surface area contributed by atoms with E-state index in [0.717, 1.165) is 24.4 Å². The van der Waals surface area contributed by atoms with Crippen LogP contribution in [0.3, 0.4) is 0 Å². The lowest BCUT2D eigenvalue weighted by Gasteiger charge is -2.26. The first-order valence-electron chi connectivity index (χ1n) is 6.78. The number of hydrogen-bond donors (Lipinski definition) is 1. The molecule has 0 spiro atoms. The first-order chi connectivity index (χ1) is 9.20. The highest BCUT2D eigenvalue weighted by atomic mass is 35.5. The molecular weight excluding hydrogens is 254 g/mol. The fourth-order valence-corrected chi connectivity index (χ4v) is 2.89. The summed E-state index contributed by atoms with van der Waals surface area (Å²) in [5.41, 5.74) is 5.44. The van der Waals surface area contributed by atoms with Gasteiger partial charge >= 0.3 is 0 Å². The van der Waals surface area contributed by atoms with Crippen LogP contribution in [0.25, 0.3) is 0 Å². The molecule has 0 bridgehead atoms. The molecule has 1 N–H and O–H groups in total. The van der Waals surface area contributed by atoms with E-state index in [4.69, 9.17) is 11.6 Å². The van der Waals surface area contributed by atoms with Crippen molar-refractivity contribution in [2.75, 3.05) is 11.9 Å². The van der Waals surface area contributed by atoms with E-state index in [1.54, 1.807) is 0 Å². The van der Waals surface area contributed by atoms with Gasteiger partial charge in [0.25, 0.3) is 0 Å². The van der Waals surface area contributed by atoms with Gasteiger partial charge in [0.2, 0.25) is 0 Å². The Morgan fingerprint density at radius 2 is 1.95 bits per heavy atom. The molecule has 19 heavy (non-hydrogen) atoms. The molecule has 1 heterocycles. The Bertz CT molecular complexity index is 574. The topological polar surface area (TPSA) is 12.0 Å². The van der Waals surface area contributed by atoms with Crippen molar-refractivity contribution in [2.24, 2.45) is 5.92 Å². The quantitative estimate of drug-likeness (QED) is 0.849. The van der Waals surface area contributed by atoms with Crippen LogP contribution in [0.1, 0.15) is 16.7 Å². The van der Waals surface area contributed by atoms with Crippen LogP contribution in [0.4, 0.5) is 5.69 Å². The van der Waals surface area contributed by atoms with Gasteiger partial charge in [-0.25, -0.2) is 0 Å². The summed E-state index contributed by atoms with van der Waals surface area (Å²) in [6, 6.07) is 14.9. The van der Waals surface area contributed by atoms with E-state index in [2.05, 4.69) is 42.6 Å². The van der Waals surface area contributed by atoms with Gasteiger partial charge < -0.3 is 5.32 Å². The van der Waals surface area contributed by atoms with Gasteiger partial charge in [0.05, 0.1) is 0 Å². The lowest BCUT2D eigenvalue weighted by molar-refractivity contribution is 0.535. The molecule has 0 aliphatic carbocycles. The van der Waals surface area contributed by atoms with Gasteiger partial charge in [0.15, 0.2) is 0 Å². The van der Waals surface area contributed by atoms with Crippen molar-refractivity contribution in [3.05, 3.63) is 64.2 Å². The summed E-state index contributed by atoms with van der Waals surface area (Å²) in [5.74, 6) is 0.663. The Balaban J connectivity index is 1.72. The molecule has 2 aromatic rings. The van der Waals surface area contributed by atoms with E-state index >= 15 is 0 Å². The number of fused-ring (bicyclic) bond motifs is 1. The molecule has 2 aromatic carbocycles. The third-order valence-corrected chi connectivity index (χ3v) is 4.04. The normalized spacial score (nSPS) is 17.7. The lowest BCUT2D eigenvalue weighted by Crippen LogP contribution is -2.24. The Labute approximate surface area is 119 Å². The Hall–Kier alpha value is -1.47. The summed E-state index contributed by atoms with van der Waals surface area (Å²) in [6.07, 6.45) is 2.27. The summed E-state index contributed by atoms with van der Waals surface area (Å²) in [5, 5.41) is 4.37. The van der Waals surface area contributed by atoms with Crippen molar-refractivity contribution in [2.45, 2.75) is 19.8 Å². The minimum Gasteiger partial charge on any atom is -0.385 e. The predicted molar refractivity (Wildman–Crippen MR) is 82.0 cm³/mol. The molecule has 1 nitrogen and oxygen atoms in total. The lowest BCUT2D eigenvalue weighted by atomic mass is 9.88. The summed E-state index contributed by atoms with van der Waals surface area (Å²) in [4.78, 5) is 0. The molecule has 1 unspecified atom stereocenters. The smallest absolute Gasteiger partial charge is 0.0406 e. The molecule has 1 aliphatic rings. The number of rotatable bonds is 2. The maximum absolute atomic E-state index is 5.92. The molecule has 0 radical (unpaired) electrons. The zero-order valence-corrected chi connectivity index (χ0v) is 11.9. The molecule has 0 saturated carbocycles. The number of aryl methyl sites for hydroxylation is 1. The number of hydrogen-bond acceptors (Lipinski definition) is 1. The molecule has 2 heteroatoms. The summed E-state index contributed by atoms with van der Waals surface area (Å²) in [7, 11) is 0. The Morgan fingerprint density at radius 3 is 2.74 bits per heavy atom. The van der Waals surface area contributed by atoms with Crippen LogP contribution >= 0.6 is 11.6 Å². The molecule has 0 amide bonds. The second-order valence-electron chi connectivity index (χ2n) is 5.44. The largest absolute Gasteiger partial charge is 0.385 e. The number of anilines is 1. The molecule has 1 atom stereocenters. The maximum atomic E-state index is 5.92. The van der Waals surface area contributed by atoms with E-state index in [1.807, 2.05) is 12.1 Å². The van der Waals surface area contributed by atoms with E-state index < -0.39 is 0 Å². The van der Waals surface area contributed by atoms with Gasteiger partial charge in [-0.05, 0) is 60.6 Å². The van der Waals surface area contributed by atoms with E-state index in [1.165, 1.54) is 22.4 Å². The van der Waals surface area contributed by atoms with E-state index in [0.29, 0.717) is 5.92 Å². The number of halogens is 1. The van der Waals surface area contributed by atoms with Gasteiger partial charge in [-0.1, -0.05) is 35.9 Å². The summed E-state index contributed by atoms with van der Waals surface area (Å²) >= 11 is 5.92. The van der Waals surface area contributed by atoms with E-state index in [-0.39, 0.29) is 0 Å². The minimum absolute atomic E-state index is 0.663. The van der Waals surface area contributed by atoms with Crippen LogP contribution in [0, 0.1) is 12.8 Å². The van der Waals surface area contributed by atoms with Crippen molar-refractivity contribution >= 4 is 17.3 Å².